The minimum absolute atomic E-state index is 0.0367. The number of carbonyl (C=O) groups excluding carboxylic acids is 4. The highest BCUT2D eigenvalue weighted by molar-refractivity contribution is 5.97. The number of nitrogens with zero attached hydrogens (tertiary/aromatic N) is 3. The van der Waals surface area contributed by atoms with E-state index in [0.29, 0.717) is 44.8 Å². The molecule has 0 spiro atoms. The van der Waals surface area contributed by atoms with Crippen LogP contribution >= 0.6 is 0 Å². The van der Waals surface area contributed by atoms with Crippen molar-refractivity contribution in [2.24, 2.45) is 11.8 Å². The Balaban J connectivity index is 0.964. The van der Waals surface area contributed by atoms with Crippen molar-refractivity contribution in [2.45, 2.75) is 77.9 Å². The first-order valence-electron chi connectivity index (χ1n) is 19.1. The van der Waals surface area contributed by atoms with Crippen molar-refractivity contribution in [3.8, 4) is 0 Å². The normalized spacial score (nSPS) is 21.5. The van der Waals surface area contributed by atoms with E-state index in [1.807, 2.05) is 33.8 Å². The SMILES string of the molecule is CCCN(CCC)C(=O)C(CCC(=O)OCCCN1CCN(CCOC(=O)Cc2c(C)[nH]c3c2=CC2C(C=3)C2(C)O)CC1)NC(=O)c1ccccc1. The summed E-state index contributed by atoms with van der Waals surface area (Å²) >= 11 is 0. The van der Waals surface area contributed by atoms with Crippen molar-refractivity contribution in [1.29, 1.82) is 0 Å². The van der Waals surface area contributed by atoms with E-state index in [-0.39, 0.29) is 54.9 Å². The summed E-state index contributed by atoms with van der Waals surface area (Å²) in [5, 5.41) is 15.3. The van der Waals surface area contributed by atoms with Gasteiger partial charge in [-0.25, -0.2) is 0 Å². The predicted molar refractivity (Wildman–Crippen MR) is 199 cm³/mol. The molecule has 0 radical (unpaired) electrons. The van der Waals surface area contributed by atoms with Crippen molar-refractivity contribution >= 4 is 35.9 Å². The first-order valence-corrected chi connectivity index (χ1v) is 19.1. The Kier molecular flexibility index (Phi) is 13.7. The lowest BCUT2D eigenvalue weighted by molar-refractivity contribution is -0.144. The molecule has 284 valence electrons. The smallest absolute Gasteiger partial charge is 0.310 e. The predicted octanol–water partition coefficient (Wildman–Crippen LogP) is 1.76. The number of H-pyrrole nitrogens is 1. The Labute approximate surface area is 307 Å². The standard InChI is InChI=1S/C40H57N5O7/c1-5-15-45(16-6-2)39(49)34(42-38(48)29-11-8-7-9-12-29)13-14-36(46)51-23-10-17-43-18-20-44(21-19-43)22-24-52-37(47)26-30-28(3)41-35-27-33-32(25-31(30)35)40(33,4)50/h7-9,11-12,25,27,32-34,41,50H,5-6,10,13-24,26H2,1-4H3,(H,42,48). The highest BCUT2D eigenvalue weighted by Crippen LogP contribution is 2.53. The van der Waals surface area contributed by atoms with Crippen LogP contribution in [-0.2, 0) is 30.3 Å². The van der Waals surface area contributed by atoms with Crippen LogP contribution in [0.5, 0.6) is 0 Å². The van der Waals surface area contributed by atoms with Gasteiger partial charge in [0.1, 0.15) is 12.6 Å². The average molecular weight is 720 g/mol. The van der Waals surface area contributed by atoms with E-state index in [1.165, 1.54) is 0 Å². The van der Waals surface area contributed by atoms with Crippen molar-refractivity contribution in [3.05, 3.63) is 57.7 Å². The van der Waals surface area contributed by atoms with Gasteiger partial charge in [-0.15, -0.1) is 0 Å². The van der Waals surface area contributed by atoms with Gasteiger partial charge in [-0.2, -0.15) is 0 Å². The maximum Gasteiger partial charge on any atom is 0.310 e. The average Bonchev–Trinajstić information content (AvgIpc) is 3.52. The van der Waals surface area contributed by atoms with Gasteiger partial charge in [0.05, 0.1) is 18.6 Å². The lowest BCUT2D eigenvalue weighted by atomic mass is 10.1. The fourth-order valence-electron chi connectivity index (χ4n) is 7.44. The number of ether oxygens (including phenoxy) is 2. The molecule has 5 rings (SSSR count). The molecule has 3 aliphatic rings. The summed E-state index contributed by atoms with van der Waals surface area (Å²) < 4.78 is 11.1. The van der Waals surface area contributed by atoms with E-state index in [0.717, 1.165) is 67.4 Å². The molecule has 12 heteroatoms. The second-order valence-electron chi connectivity index (χ2n) is 14.6. The number of benzene rings is 1. The van der Waals surface area contributed by atoms with Crippen LogP contribution < -0.4 is 15.9 Å². The maximum absolute atomic E-state index is 13.4. The second kappa shape index (κ2) is 18.2. The molecule has 3 N–H and O–H groups in total. The largest absolute Gasteiger partial charge is 0.466 e. The third-order valence-electron chi connectivity index (χ3n) is 10.6. The van der Waals surface area contributed by atoms with E-state index < -0.39 is 11.6 Å². The van der Waals surface area contributed by atoms with E-state index >= 15 is 0 Å². The van der Waals surface area contributed by atoms with Crippen LogP contribution in [0.4, 0.5) is 0 Å². The third kappa shape index (κ3) is 10.1. The molecule has 1 aromatic carbocycles. The van der Waals surface area contributed by atoms with E-state index in [4.69, 9.17) is 9.47 Å². The van der Waals surface area contributed by atoms with Crippen LogP contribution in [0.15, 0.2) is 30.3 Å². The van der Waals surface area contributed by atoms with Gasteiger partial charge in [0.15, 0.2) is 0 Å². The van der Waals surface area contributed by atoms with Crippen molar-refractivity contribution in [3.63, 3.8) is 0 Å². The zero-order valence-corrected chi connectivity index (χ0v) is 31.3. The zero-order valence-electron chi connectivity index (χ0n) is 31.3. The number of fused-ring (bicyclic) bond motifs is 2. The minimum Gasteiger partial charge on any atom is -0.466 e. The monoisotopic (exact) mass is 719 g/mol. The van der Waals surface area contributed by atoms with Gasteiger partial charge in [0.25, 0.3) is 5.91 Å². The van der Waals surface area contributed by atoms with Crippen molar-refractivity contribution < 1.29 is 33.8 Å². The van der Waals surface area contributed by atoms with Crippen LogP contribution in [0.2, 0.25) is 0 Å². The van der Waals surface area contributed by atoms with Crippen LogP contribution in [-0.4, -0.2) is 126 Å². The summed E-state index contributed by atoms with van der Waals surface area (Å²) in [6.45, 7) is 14.7. The summed E-state index contributed by atoms with van der Waals surface area (Å²) in [6.07, 6.45) is 6.92. The summed E-state index contributed by atoms with van der Waals surface area (Å²) in [5.41, 5.74) is 1.68. The molecular formula is C40H57N5O7. The Morgan fingerprint density at radius 3 is 2.25 bits per heavy atom. The molecule has 1 aromatic heterocycles. The maximum atomic E-state index is 13.4. The molecule has 12 nitrogen and oxygen atoms in total. The van der Waals surface area contributed by atoms with Crippen LogP contribution in [0.3, 0.4) is 0 Å². The van der Waals surface area contributed by atoms with Gasteiger partial charge < -0.3 is 34.7 Å². The number of carbonyl (C=O) groups is 4. The molecule has 1 aliphatic heterocycles. The lowest BCUT2D eigenvalue weighted by Gasteiger charge is -2.34. The van der Waals surface area contributed by atoms with Gasteiger partial charge >= 0.3 is 11.9 Å². The number of amides is 2. The summed E-state index contributed by atoms with van der Waals surface area (Å²) in [5.74, 6) is -0.892. The fourth-order valence-corrected chi connectivity index (χ4v) is 7.44. The number of aromatic amines is 1. The number of esters is 2. The molecule has 2 aromatic rings. The number of aryl methyl sites for hydroxylation is 1. The number of hydrogen-bond acceptors (Lipinski definition) is 9. The second-order valence-corrected chi connectivity index (χ2v) is 14.6. The Morgan fingerprint density at radius 2 is 1.58 bits per heavy atom. The number of aromatic nitrogens is 1. The van der Waals surface area contributed by atoms with Gasteiger partial charge in [-0.1, -0.05) is 44.2 Å². The molecule has 52 heavy (non-hydrogen) atoms. The highest BCUT2D eigenvalue weighted by atomic mass is 16.5. The van der Waals surface area contributed by atoms with Crippen molar-refractivity contribution in [1.82, 2.24) is 25.0 Å². The summed E-state index contributed by atoms with van der Waals surface area (Å²) in [7, 11) is 0. The topological polar surface area (TPSA) is 145 Å². The minimum atomic E-state index is -0.811. The number of rotatable bonds is 19. The molecule has 4 unspecified atom stereocenters. The first kappa shape index (κ1) is 39.2. The Bertz CT molecular complexity index is 1660. The number of nitrogens with one attached hydrogen (secondary N) is 2. The third-order valence-corrected chi connectivity index (χ3v) is 10.6. The Hall–Kier alpha value is -4.00. The number of piperazine rings is 1. The quantitative estimate of drug-likeness (QED) is 0.146. The van der Waals surface area contributed by atoms with Gasteiger partial charge in [0.2, 0.25) is 5.91 Å². The fraction of sp³-hybridized carbons (Fsp3) is 0.600. The number of aliphatic hydroxyl groups is 1. The van der Waals surface area contributed by atoms with Gasteiger partial charge in [-0.05, 0) is 62.4 Å². The lowest BCUT2D eigenvalue weighted by Crippen LogP contribution is -2.49. The highest BCUT2D eigenvalue weighted by Gasteiger charge is 2.58. The summed E-state index contributed by atoms with van der Waals surface area (Å²) in [6, 6.07) is 7.96. The molecule has 4 atom stereocenters. The molecular weight excluding hydrogens is 662 g/mol. The van der Waals surface area contributed by atoms with Crippen molar-refractivity contribution in [2.75, 3.05) is 65.6 Å². The molecule has 2 heterocycles. The molecule has 0 bridgehead atoms. The van der Waals surface area contributed by atoms with E-state index in [1.54, 1.807) is 29.2 Å². The number of hydrogen-bond donors (Lipinski definition) is 3. The Morgan fingerprint density at radius 1 is 0.942 bits per heavy atom. The van der Waals surface area contributed by atoms with Crippen LogP contribution in [0.25, 0.3) is 12.2 Å². The molecule has 2 aliphatic carbocycles. The molecule has 1 saturated carbocycles. The zero-order chi connectivity index (χ0) is 37.3. The molecule has 2 fully saturated rings. The first-order chi connectivity index (χ1) is 25.0. The molecule has 2 amide bonds. The molecule has 1 saturated heterocycles. The summed E-state index contributed by atoms with van der Waals surface area (Å²) in [4.78, 5) is 61.5. The van der Waals surface area contributed by atoms with E-state index in [2.05, 4.69) is 32.3 Å². The van der Waals surface area contributed by atoms with E-state index in [9.17, 15) is 24.3 Å². The van der Waals surface area contributed by atoms with Crippen LogP contribution in [0.1, 0.15) is 74.5 Å². The van der Waals surface area contributed by atoms with Gasteiger partial charge in [0, 0.05) is 87.2 Å². The van der Waals surface area contributed by atoms with Gasteiger partial charge in [-0.3, -0.25) is 24.1 Å². The van der Waals surface area contributed by atoms with Crippen LogP contribution in [0, 0.1) is 18.8 Å².